The van der Waals surface area contributed by atoms with Gasteiger partial charge in [-0.3, -0.25) is 4.90 Å². The van der Waals surface area contributed by atoms with Gasteiger partial charge in [0.1, 0.15) is 5.75 Å². The lowest BCUT2D eigenvalue weighted by molar-refractivity contribution is 0.111. The van der Waals surface area contributed by atoms with Gasteiger partial charge in [-0.15, -0.1) is 0 Å². The molecule has 3 unspecified atom stereocenters. The molecule has 1 aromatic rings. The third-order valence-corrected chi connectivity index (χ3v) is 5.00. The predicted octanol–water partition coefficient (Wildman–Crippen LogP) is 3.60. The maximum absolute atomic E-state index is 5.99. The van der Waals surface area contributed by atoms with E-state index in [1.165, 1.54) is 24.8 Å². The van der Waals surface area contributed by atoms with Crippen molar-refractivity contribution in [1.29, 1.82) is 0 Å². The zero-order valence-corrected chi connectivity index (χ0v) is 13.7. The molecule has 0 heterocycles. The summed E-state index contributed by atoms with van der Waals surface area (Å²) in [5, 5.41) is 0. The third-order valence-electron chi connectivity index (χ3n) is 5.00. The average Bonchev–Trinajstić information content (AvgIpc) is 3.01. The first-order chi connectivity index (χ1) is 10.2. The van der Waals surface area contributed by atoms with Crippen molar-refractivity contribution in [2.24, 2.45) is 11.7 Å². The van der Waals surface area contributed by atoms with Crippen molar-refractivity contribution in [3.05, 3.63) is 29.8 Å². The van der Waals surface area contributed by atoms with Gasteiger partial charge in [0, 0.05) is 12.1 Å². The van der Waals surface area contributed by atoms with Gasteiger partial charge in [0.05, 0.1) is 7.11 Å². The maximum Gasteiger partial charge on any atom is 0.118 e. The van der Waals surface area contributed by atoms with Crippen LogP contribution < -0.4 is 10.5 Å². The van der Waals surface area contributed by atoms with E-state index in [0.717, 1.165) is 25.3 Å². The molecule has 0 saturated heterocycles. The zero-order chi connectivity index (χ0) is 15.2. The SMILES string of the molecule is CCC(c1ccc(OC)cc1)N(CC)C1CCCC1CN. The highest BCUT2D eigenvalue weighted by Crippen LogP contribution is 2.36. The molecule has 0 radical (unpaired) electrons. The standard InChI is InChI=1S/C18H30N2O/c1-4-17(14-9-11-16(21-3)12-10-14)20(5-2)18-8-6-7-15(18)13-19/h9-12,15,17-18H,4-8,13,19H2,1-3H3. The van der Waals surface area contributed by atoms with Crippen LogP contribution in [0.1, 0.15) is 51.1 Å². The summed E-state index contributed by atoms with van der Waals surface area (Å²) in [5.74, 6) is 1.59. The summed E-state index contributed by atoms with van der Waals surface area (Å²) < 4.78 is 5.27. The van der Waals surface area contributed by atoms with E-state index in [2.05, 4.69) is 43.0 Å². The summed E-state index contributed by atoms with van der Waals surface area (Å²) in [7, 11) is 1.72. The Morgan fingerprint density at radius 3 is 2.48 bits per heavy atom. The second kappa shape index (κ2) is 7.81. The van der Waals surface area contributed by atoms with Crippen LogP contribution in [0.2, 0.25) is 0 Å². The predicted molar refractivity (Wildman–Crippen MR) is 88.6 cm³/mol. The van der Waals surface area contributed by atoms with Crippen LogP contribution in [-0.2, 0) is 0 Å². The molecule has 3 nitrogen and oxygen atoms in total. The van der Waals surface area contributed by atoms with Crippen LogP contribution in [0.5, 0.6) is 5.75 Å². The highest BCUT2D eigenvalue weighted by atomic mass is 16.5. The van der Waals surface area contributed by atoms with Gasteiger partial charge in [0.25, 0.3) is 0 Å². The molecule has 1 fully saturated rings. The molecule has 2 rings (SSSR count). The van der Waals surface area contributed by atoms with E-state index in [4.69, 9.17) is 10.5 Å². The summed E-state index contributed by atoms with van der Waals surface area (Å²) in [6, 6.07) is 9.69. The Kier molecular flexibility index (Phi) is 6.07. The fraction of sp³-hybridized carbons (Fsp3) is 0.667. The van der Waals surface area contributed by atoms with Gasteiger partial charge in [0.2, 0.25) is 0 Å². The molecule has 21 heavy (non-hydrogen) atoms. The van der Waals surface area contributed by atoms with E-state index in [1.807, 2.05) is 0 Å². The molecule has 118 valence electrons. The number of hydrogen-bond acceptors (Lipinski definition) is 3. The molecule has 2 N–H and O–H groups in total. The molecule has 1 aliphatic carbocycles. The van der Waals surface area contributed by atoms with Crippen molar-refractivity contribution in [3.63, 3.8) is 0 Å². The third kappa shape index (κ3) is 3.58. The number of methoxy groups -OCH3 is 1. The molecule has 1 saturated carbocycles. The largest absolute Gasteiger partial charge is 0.497 e. The van der Waals surface area contributed by atoms with E-state index in [1.54, 1.807) is 7.11 Å². The van der Waals surface area contributed by atoms with E-state index in [-0.39, 0.29) is 0 Å². The van der Waals surface area contributed by atoms with Crippen molar-refractivity contribution < 1.29 is 4.74 Å². The van der Waals surface area contributed by atoms with Gasteiger partial charge < -0.3 is 10.5 Å². The Morgan fingerprint density at radius 1 is 1.24 bits per heavy atom. The molecule has 0 amide bonds. The molecule has 1 aliphatic rings. The van der Waals surface area contributed by atoms with Crippen molar-refractivity contribution in [2.45, 2.75) is 51.6 Å². The van der Waals surface area contributed by atoms with Gasteiger partial charge in [0.15, 0.2) is 0 Å². The van der Waals surface area contributed by atoms with Crippen molar-refractivity contribution in [2.75, 3.05) is 20.2 Å². The number of ether oxygens (including phenoxy) is 1. The Labute approximate surface area is 129 Å². The summed E-state index contributed by atoms with van der Waals surface area (Å²) in [6.07, 6.45) is 5.04. The number of benzene rings is 1. The number of hydrogen-bond donors (Lipinski definition) is 1. The zero-order valence-electron chi connectivity index (χ0n) is 13.7. The molecule has 3 heteroatoms. The van der Waals surface area contributed by atoms with Gasteiger partial charge in [-0.25, -0.2) is 0 Å². The van der Waals surface area contributed by atoms with Gasteiger partial charge in [-0.2, -0.15) is 0 Å². The van der Waals surface area contributed by atoms with Crippen LogP contribution in [0.15, 0.2) is 24.3 Å². The first-order valence-electron chi connectivity index (χ1n) is 8.34. The number of nitrogens with zero attached hydrogens (tertiary/aromatic N) is 1. The monoisotopic (exact) mass is 290 g/mol. The van der Waals surface area contributed by atoms with Crippen molar-refractivity contribution in [1.82, 2.24) is 4.90 Å². The summed E-state index contributed by atoms with van der Waals surface area (Å²) in [6.45, 7) is 6.47. The lowest BCUT2D eigenvalue weighted by atomic mass is 9.96. The molecule has 0 spiro atoms. The first-order valence-corrected chi connectivity index (χ1v) is 8.34. The average molecular weight is 290 g/mol. The van der Waals surface area contributed by atoms with Gasteiger partial charge in [-0.05, 0) is 56.0 Å². The summed E-state index contributed by atoms with van der Waals surface area (Å²) >= 11 is 0. The van der Waals surface area contributed by atoms with Crippen LogP contribution in [-0.4, -0.2) is 31.1 Å². The maximum atomic E-state index is 5.99. The van der Waals surface area contributed by atoms with Gasteiger partial charge >= 0.3 is 0 Å². The highest BCUT2D eigenvalue weighted by molar-refractivity contribution is 5.29. The fourth-order valence-corrected chi connectivity index (χ4v) is 3.90. The minimum Gasteiger partial charge on any atom is -0.497 e. The Balaban J connectivity index is 2.19. The van der Waals surface area contributed by atoms with Crippen molar-refractivity contribution in [3.8, 4) is 5.75 Å². The molecule has 0 aliphatic heterocycles. The Hall–Kier alpha value is -1.06. The van der Waals surface area contributed by atoms with Crippen molar-refractivity contribution >= 4 is 0 Å². The molecule has 0 bridgehead atoms. The second-order valence-corrected chi connectivity index (χ2v) is 6.02. The molecule has 3 atom stereocenters. The number of nitrogens with two attached hydrogens (primary N) is 1. The topological polar surface area (TPSA) is 38.5 Å². The number of rotatable bonds is 7. The fourth-order valence-electron chi connectivity index (χ4n) is 3.90. The van der Waals surface area contributed by atoms with Crippen LogP contribution in [0, 0.1) is 5.92 Å². The highest BCUT2D eigenvalue weighted by Gasteiger charge is 2.33. The molecular formula is C18H30N2O. The summed E-state index contributed by atoms with van der Waals surface area (Å²) in [4.78, 5) is 2.67. The molecule has 1 aromatic carbocycles. The minimum atomic E-state index is 0.484. The van der Waals surface area contributed by atoms with Crippen LogP contribution >= 0.6 is 0 Å². The summed E-state index contributed by atoms with van der Waals surface area (Å²) in [5.41, 5.74) is 7.38. The van der Waals surface area contributed by atoms with E-state index >= 15 is 0 Å². The van der Waals surface area contributed by atoms with E-state index in [0.29, 0.717) is 18.0 Å². The first kappa shape index (κ1) is 16.3. The van der Waals surface area contributed by atoms with Crippen LogP contribution in [0.3, 0.4) is 0 Å². The van der Waals surface area contributed by atoms with Crippen LogP contribution in [0.4, 0.5) is 0 Å². The quantitative estimate of drug-likeness (QED) is 0.834. The molecule has 0 aromatic heterocycles. The normalized spacial score (nSPS) is 23.5. The molecular weight excluding hydrogens is 260 g/mol. The Bertz CT molecular complexity index is 418. The minimum absolute atomic E-state index is 0.484. The Morgan fingerprint density at radius 2 is 1.95 bits per heavy atom. The van der Waals surface area contributed by atoms with Crippen LogP contribution in [0.25, 0.3) is 0 Å². The smallest absolute Gasteiger partial charge is 0.118 e. The lowest BCUT2D eigenvalue weighted by Crippen LogP contribution is -2.42. The van der Waals surface area contributed by atoms with E-state index in [9.17, 15) is 0 Å². The lowest BCUT2D eigenvalue weighted by Gasteiger charge is -2.38. The van der Waals surface area contributed by atoms with Gasteiger partial charge in [-0.1, -0.05) is 32.4 Å². The van der Waals surface area contributed by atoms with E-state index < -0.39 is 0 Å². The second-order valence-electron chi connectivity index (χ2n) is 6.02.